The summed E-state index contributed by atoms with van der Waals surface area (Å²) in [5, 5.41) is 12.2. The molecular weight excluding hydrogens is 316 g/mol. The van der Waals surface area contributed by atoms with Crippen LogP contribution in [0.15, 0.2) is 24.3 Å². The van der Waals surface area contributed by atoms with Gasteiger partial charge in [0.25, 0.3) is 0 Å². The van der Waals surface area contributed by atoms with Crippen LogP contribution in [0, 0.1) is 0 Å². The summed E-state index contributed by atoms with van der Waals surface area (Å²) in [4.78, 5) is 23.5. The molecule has 1 aliphatic heterocycles. The van der Waals surface area contributed by atoms with E-state index >= 15 is 0 Å². The Balaban J connectivity index is 1.63. The van der Waals surface area contributed by atoms with Crippen LogP contribution >= 0.6 is 11.6 Å². The molecule has 1 saturated heterocycles. The smallest absolute Gasteiger partial charge is 0.315 e. The van der Waals surface area contributed by atoms with Gasteiger partial charge in [0.2, 0.25) is 5.91 Å². The number of halogens is 1. The van der Waals surface area contributed by atoms with E-state index in [1.54, 1.807) is 12.1 Å². The molecule has 0 bridgehead atoms. The van der Waals surface area contributed by atoms with Crippen LogP contribution in [0.1, 0.15) is 25.3 Å². The molecule has 0 aliphatic carbocycles. The topological polar surface area (TPSA) is 82.3 Å². The molecule has 1 aromatic rings. The number of benzene rings is 1. The Bertz CT molecular complexity index is 535. The van der Waals surface area contributed by atoms with Crippen molar-refractivity contribution in [3.63, 3.8) is 0 Å². The predicted molar refractivity (Wildman–Crippen MR) is 90.3 cm³/mol. The summed E-state index contributed by atoms with van der Waals surface area (Å²) in [5.41, 5.74) is 0.942. The second kappa shape index (κ2) is 8.74. The fourth-order valence-corrected chi connectivity index (χ4v) is 2.68. The Morgan fingerprint density at radius 1 is 1.26 bits per heavy atom. The van der Waals surface area contributed by atoms with Crippen molar-refractivity contribution in [2.24, 2.45) is 0 Å². The Morgan fingerprint density at radius 2 is 2.00 bits per heavy atom. The molecule has 7 heteroatoms. The molecule has 1 aromatic carbocycles. The van der Waals surface area contributed by atoms with Crippen molar-refractivity contribution in [1.82, 2.24) is 21.3 Å². The average molecular weight is 339 g/mol. The van der Waals surface area contributed by atoms with Crippen molar-refractivity contribution in [3.05, 3.63) is 34.9 Å². The summed E-state index contributed by atoms with van der Waals surface area (Å²) in [5.74, 6) is -0.161. The number of piperidine rings is 1. The van der Waals surface area contributed by atoms with Gasteiger partial charge in [0.15, 0.2) is 0 Å². The van der Waals surface area contributed by atoms with Gasteiger partial charge < -0.3 is 21.3 Å². The number of carbonyl (C=O) groups is 2. The van der Waals surface area contributed by atoms with Crippen molar-refractivity contribution in [2.45, 2.75) is 38.4 Å². The van der Waals surface area contributed by atoms with E-state index in [-0.39, 0.29) is 24.5 Å². The Hall–Kier alpha value is -1.79. The van der Waals surface area contributed by atoms with Gasteiger partial charge in [-0.1, -0.05) is 23.7 Å². The number of nitrogens with one attached hydrogen (secondary N) is 4. The zero-order valence-corrected chi connectivity index (χ0v) is 14.0. The van der Waals surface area contributed by atoms with E-state index in [9.17, 15) is 9.59 Å². The molecule has 126 valence electrons. The minimum Gasteiger partial charge on any atom is -0.352 e. The van der Waals surface area contributed by atoms with Crippen molar-refractivity contribution < 1.29 is 9.59 Å². The van der Waals surface area contributed by atoms with E-state index in [4.69, 9.17) is 11.6 Å². The van der Waals surface area contributed by atoms with Crippen molar-refractivity contribution in [2.75, 3.05) is 13.1 Å². The zero-order valence-electron chi connectivity index (χ0n) is 13.2. The molecular formula is C16H23ClN4O2. The first-order valence-corrected chi connectivity index (χ1v) is 8.19. The predicted octanol–water partition coefficient (Wildman–Crippen LogP) is 1.40. The van der Waals surface area contributed by atoms with Crippen molar-refractivity contribution >= 4 is 23.5 Å². The summed E-state index contributed by atoms with van der Waals surface area (Å²) in [7, 11) is 0. The van der Waals surface area contributed by atoms with E-state index in [2.05, 4.69) is 28.2 Å². The molecule has 1 heterocycles. The van der Waals surface area contributed by atoms with Crippen LogP contribution in [-0.4, -0.2) is 37.1 Å². The van der Waals surface area contributed by atoms with Crippen LogP contribution < -0.4 is 21.3 Å². The summed E-state index contributed by atoms with van der Waals surface area (Å²) < 4.78 is 0. The first-order chi connectivity index (χ1) is 11.0. The van der Waals surface area contributed by atoms with Gasteiger partial charge in [-0.25, -0.2) is 4.79 Å². The highest BCUT2D eigenvalue weighted by atomic mass is 35.5. The Morgan fingerprint density at radius 3 is 2.70 bits per heavy atom. The quantitative estimate of drug-likeness (QED) is 0.655. The monoisotopic (exact) mass is 338 g/mol. The van der Waals surface area contributed by atoms with Crippen LogP contribution in [0.2, 0.25) is 5.02 Å². The maximum Gasteiger partial charge on any atom is 0.315 e. The van der Waals surface area contributed by atoms with E-state index in [0.717, 1.165) is 24.9 Å². The molecule has 2 atom stereocenters. The van der Waals surface area contributed by atoms with Crippen LogP contribution in [0.3, 0.4) is 0 Å². The minimum absolute atomic E-state index is 0.0231. The number of hydrogen-bond acceptors (Lipinski definition) is 3. The minimum atomic E-state index is -0.367. The van der Waals surface area contributed by atoms with Gasteiger partial charge in [0.05, 0.1) is 6.54 Å². The highest BCUT2D eigenvalue weighted by Gasteiger charge is 2.19. The molecule has 6 nitrogen and oxygen atoms in total. The molecule has 4 N–H and O–H groups in total. The average Bonchev–Trinajstić information content (AvgIpc) is 2.52. The molecule has 0 radical (unpaired) electrons. The van der Waals surface area contributed by atoms with Gasteiger partial charge in [0, 0.05) is 23.7 Å². The van der Waals surface area contributed by atoms with Crippen molar-refractivity contribution in [1.29, 1.82) is 0 Å². The summed E-state index contributed by atoms with van der Waals surface area (Å²) in [6.45, 7) is 3.36. The SMILES string of the molecule is CC1CC(NC(=O)CNC(=O)NCc2ccc(Cl)cc2)CCN1. The fraction of sp³-hybridized carbons (Fsp3) is 0.500. The van der Waals surface area contributed by atoms with Gasteiger partial charge in [-0.05, 0) is 44.0 Å². The molecule has 2 unspecified atom stereocenters. The zero-order chi connectivity index (χ0) is 16.7. The Labute approximate surface area is 141 Å². The van der Waals surface area contributed by atoms with E-state index < -0.39 is 0 Å². The van der Waals surface area contributed by atoms with Gasteiger partial charge >= 0.3 is 6.03 Å². The largest absolute Gasteiger partial charge is 0.352 e. The standard InChI is InChI=1S/C16H23ClN4O2/c1-11-8-14(6-7-18-11)21-15(22)10-20-16(23)19-9-12-2-4-13(17)5-3-12/h2-5,11,14,18H,6-10H2,1H3,(H,21,22)(H2,19,20,23). The molecule has 2 rings (SSSR count). The Kier molecular flexibility index (Phi) is 6.67. The first kappa shape index (κ1) is 17.6. The van der Waals surface area contributed by atoms with E-state index in [1.807, 2.05) is 12.1 Å². The molecule has 3 amide bonds. The first-order valence-electron chi connectivity index (χ1n) is 7.82. The van der Waals surface area contributed by atoms with Gasteiger partial charge in [-0.15, -0.1) is 0 Å². The van der Waals surface area contributed by atoms with Gasteiger partial charge in [-0.3, -0.25) is 4.79 Å². The normalized spacial score (nSPS) is 20.6. The number of amides is 3. The number of urea groups is 1. The molecule has 1 aliphatic rings. The molecule has 0 spiro atoms. The van der Waals surface area contributed by atoms with Crippen LogP contribution in [0.25, 0.3) is 0 Å². The molecule has 0 saturated carbocycles. The third-order valence-electron chi connectivity index (χ3n) is 3.76. The third-order valence-corrected chi connectivity index (χ3v) is 4.02. The van der Waals surface area contributed by atoms with Crippen LogP contribution in [0.5, 0.6) is 0 Å². The maximum atomic E-state index is 11.8. The van der Waals surface area contributed by atoms with E-state index in [1.165, 1.54) is 0 Å². The van der Waals surface area contributed by atoms with Crippen molar-refractivity contribution in [3.8, 4) is 0 Å². The number of carbonyl (C=O) groups excluding carboxylic acids is 2. The van der Waals surface area contributed by atoms with Crippen LogP contribution in [-0.2, 0) is 11.3 Å². The summed E-state index contributed by atoms with van der Waals surface area (Å²) in [6.07, 6.45) is 1.83. The lowest BCUT2D eigenvalue weighted by atomic mass is 10.0. The van der Waals surface area contributed by atoms with Crippen LogP contribution in [0.4, 0.5) is 4.79 Å². The highest BCUT2D eigenvalue weighted by molar-refractivity contribution is 6.30. The fourth-order valence-electron chi connectivity index (χ4n) is 2.55. The number of hydrogen-bond donors (Lipinski definition) is 4. The van der Waals surface area contributed by atoms with Gasteiger partial charge in [-0.2, -0.15) is 0 Å². The maximum absolute atomic E-state index is 11.8. The summed E-state index contributed by atoms with van der Waals surface area (Å²) >= 11 is 5.80. The lowest BCUT2D eigenvalue weighted by molar-refractivity contribution is -0.121. The second-order valence-corrected chi connectivity index (χ2v) is 6.24. The molecule has 1 fully saturated rings. The van der Waals surface area contributed by atoms with E-state index in [0.29, 0.717) is 17.6 Å². The lowest BCUT2D eigenvalue weighted by Gasteiger charge is -2.28. The number of rotatable bonds is 5. The second-order valence-electron chi connectivity index (χ2n) is 5.81. The van der Waals surface area contributed by atoms with Gasteiger partial charge in [0.1, 0.15) is 0 Å². The lowest BCUT2D eigenvalue weighted by Crippen LogP contribution is -2.49. The summed E-state index contributed by atoms with van der Waals surface area (Å²) in [6, 6.07) is 7.44. The molecule has 23 heavy (non-hydrogen) atoms. The highest BCUT2D eigenvalue weighted by Crippen LogP contribution is 2.09. The third kappa shape index (κ3) is 6.46. The molecule has 0 aromatic heterocycles.